The Bertz CT molecular complexity index is 1340. The van der Waals surface area contributed by atoms with E-state index >= 15 is 0 Å². The van der Waals surface area contributed by atoms with Crippen LogP contribution in [0.3, 0.4) is 0 Å². The number of nitrogens with zero attached hydrogens (tertiary/aromatic N) is 2. The minimum atomic E-state index is -1.45. The molecule has 13 heteroatoms. The van der Waals surface area contributed by atoms with Gasteiger partial charge in [0.05, 0.1) is 19.8 Å². The number of ether oxygens (including phenoxy) is 3. The number of hydrogen-bond donors (Lipinski definition) is 3. The molecule has 0 unspecified atom stereocenters. The van der Waals surface area contributed by atoms with Crippen LogP contribution < -0.4 is 10.6 Å². The third-order valence-corrected chi connectivity index (χ3v) is 9.44. The molecule has 13 nitrogen and oxygen atoms in total. The quantitative estimate of drug-likeness (QED) is 0.427. The molecule has 1 aromatic rings. The monoisotopic (exact) mass is 624 g/mol. The summed E-state index contributed by atoms with van der Waals surface area (Å²) >= 11 is 0. The maximum absolute atomic E-state index is 14.1. The van der Waals surface area contributed by atoms with Gasteiger partial charge in [0, 0.05) is 31.8 Å². The fourth-order valence-electron chi connectivity index (χ4n) is 6.76. The van der Waals surface area contributed by atoms with Crippen molar-refractivity contribution < 1.29 is 43.3 Å². The number of carbonyl (C=O) groups is 5. The largest absolute Gasteiger partial charge is 0.479 e. The highest BCUT2D eigenvalue weighted by Gasteiger charge is 2.61. The summed E-state index contributed by atoms with van der Waals surface area (Å²) in [5.41, 5.74) is 0.601. The standard InChI is InChI=1S/C32H40N4O9/c37-27-26-14-24(45-31(42)35-16-20-8-6-7-9-21(20)17-35)18-36(26)28(38)25(33-30(41)44-23-12-13-43-19-23)11-5-3-1-2-4-10-22-15-32(22,34-27)29(39)40/h4,6-10,22-26H,1-3,5,11-19H2,(H,33,41)(H,34,37)(H,39,40)/b10-4+/t22-,23-,24-,25+,26+,32-/m1/s1. The van der Waals surface area contributed by atoms with Crippen molar-refractivity contribution in [3.63, 3.8) is 0 Å². The SMILES string of the molecule is O=C(N[C@H]1CCCCC/C=C/[C@@H]2C[C@@]2(C(=O)O)NC(=O)[C@@H]2C[C@@H](OC(=O)N3Cc4ccccc4C3)CN2C1=O)O[C@@H]1CCOC1. The first-order chi connectivity index (χ1) is 21.7. The van der Waals surface area contributed by atoms with Gasteiger partial charge in [-0.3, -0.25) is 14.5 Å². The predicted molar refractivity (Wildman–Crippen MR) is 158 cm³/mol. The second-order valence-electron chi connectivity index (χ2n) is 12.6. The number of carboxylic acids is 1. The summed E-state index contributed by atoms with van der Waals surface area (Å²) in [6.45, 7) is 1.49. The van der Waals surface area contributed by atoms with Gasteiger partial charge in [-0.15, -0.1) is 0 Å². The normalized spacial score (nSPS) is 32.2. The molecule has 1 saturated carbocycles. The zero-order chi connectivity index (χ0) is 31.6. The van der Waals surface area contributed by atoms with Crippen LogP contribution in [0.1, 0.15) is 62.5 Å². The van der Waals surface area contributed by atoms with Crippen LogP contribution in [0, 0.1) is 5.92 Å². The molecule has 1 aliphatic carbocycles. The maximum atomic E-state index is 14.1. The number of carbonyl (C=O) groups excluding carboxylic acids is 4. The van der Waals surface area contributed by atoms with E-state index in [0.717, 1.165) is 30.4 Å². The molecule has 0 radical (unpaired) electrons. The maximum Gasteiger partial charge on any atom is 0.410 e. The number of aliphatic carboxylic acids is 1. The molecule has 2 saturated heterocycles. The Kier molecular flexibility index (Phi) is 8.97. The predicted octanol–water partition coefficient (Wildman–Crippen LogP) is 2.47. The zero-order valence-corrected chi connectivity index (χ0v) is 25.2. The van der Waals surface area contributed by atoms with E-state index in [1.807, 2.05) is 36.4 Å². The summed E-state index contributed by atoms with van der Waals surface area (Å²) in [6, 6.07) is 5.64. The Morgan fingerprint density at radius 2 is 1.80 bits per heavy atom. The van der Waals surface area contributed by atoms with E-state index in [1.165, 1.54) is 4.90 Å². The number of nitrogens with one attached hydrogen (secondary N) is 2. The molecule has 0 aromatic heterocycles. The number of rotatable bonds is 4. The molecular formula is C32H40N4O9. The fraction of sp³-hybridized carbons (Fsp3) is 0.594. The third-order valence-electron chi connectivity index (χ3n) is 9.44. The van der Waals surface area contributed by atoms with Crippen LogP contribution in [-0.4, -0.2) is 94.5 Å². The van der Waals surface area contributed by atoms with Crippen molar-refractivity contribution in [3.05, 3.63) is 47.5 Å². The second kappa shape index (κ2) is 13.1. The molecular weight excluding hydrogens is 584 g/mol. The first-order valence-corrected chi connectivity index (χ1v) is 15.8. The Balaban J connectivity index is 1.20. The smallest absolute Gasteiger partial charge is 0.410 e. The minimum absolute atomic E-state index is 0.00309. The topological polar surface area (TPSA) is 164 Å². The van der Waals surface area contributed by atoms with E-state index < -0.39 is 59.8 Å². The van der Waals surface area contributed by atoms with Crippen LogP contribution in [0.25, 0.3) is 0 Å². The van der Waals surface area contributed by atoms with Crippen LogP contribution in [0.5, 0.6) is 0 Å². The summed E-state index contributed by atoms with van der Waals surface area (Å²) in [6.07, 6.45) is 5.39. The second-order valence-corrected chi connectivity index (χ2v) is 12.6. The highest BCUT2D eigenvalue weighted by Crippen LogP contribution is 2.45. The summed E-state index contributed by atoms with van der Waals surface area (Å²) in [5.74, 6) is -2.64. The Hall–Kier alpha value is -4.13. The van der Waals surface area contributed by atoms with Gasteiger partial charge in [-0.05, 0) is 36.8 Å². The Morgan fingerprint density at radius 1 is 1.02 bits per heavy atom. The number of amides is 4. The lowest BCUT2D eigenvalue weighted by atomic mass is 10.0. The van der Waals surface area contributed by atoms with Gasteiger partial charge >= 0.3 is 18.2 Å². The summed E-state index contributed by atoms with van der Waals surface area (Å²) in [4.78, 5) is 69.0. The van der Waals surface area contributed by atoms with Gasteiger partial charge in [-0.25, -0.2) is 14.4 Å². The minimum Gasteiger partial charge on any atom is -0.479 e. The van der Waals surface area contributed by atoms with E-state index in [1.54, 1.807) is 4.90 Å². The van der Waals surface area contributed by atoms with Crippen molar-refractivity contribution in [2.75, 3.05) is 19.8 Å². The van der Waals surface area contributed by atoms with E-state index in [9.17, 15) is 29.1 Å². The lowest BCUT2D eigenvalue weighted by Gasteiger charge is -2.29. The molecule has 5 aliphatic rings. The van der Waals surface area contributed by atoms with Crippen LogP contribution in [-0.2, 0) is 41.7 Å². The first-order valence-electron chi connectivity index (χ1n) is 15.8. The number of benzene rings is 1. The van der Waals surface area contributed by atoms with Crippen molar-refractivity contribution in [2.45, 2.75) is 94.3 Å². The molecule has 3 fully saturated rings. The third kappa shape index (κ3) is 6.77. The molecule has 4 amide bonds. The molecule has 45 heavy (non-hydrogen) atoms. The van der Waals surface area contributed by atoms with Gasteiger partial charge in [0.1, 0.15) is 29.8 Å². The van der Waals surface area contributed by atoms with Crippen LogP contribution in [0.15, 0.2) is 36.4 Å². The first kappa shape index (κ1) is 30.9. The lowest BCUT2D eigenvalue weighted by Crippen LogP contribution is -2.56. The van der Waals surface area contributed by atoms with Gasteiger partial charge in [0.25, 0.3) is 0 Å². The van der Waals surface area contributed by atoms with Crippen LogP contribution in [0.4, 0.5) is 9.59 Å². The molecule has 4 heterocycles. The highest BCUT2D eigenvalue weighted by molar-refractivity contribution is 5.96. The van der Waals surface area contributed by atoms with Crippen molar-refractivity contribution in [2.24, 2.45) is 5.92 Å². The number of carboxylic acid groups (broad SMARTS) is 1. The molecule has 0 spiro atoms. The summed E-state index contributed by atoms with van der Waals surface area (Å²) in [7, 11) is 0. The molecule has 6 atom stereocenters. The molecule has 3 N–H and O–H groups in total. The number of hydrogen-bond acceptors (Lipinski definition) is 8. The molecule has 242 valence electrons. The Morgan fingerprint density at radius 3 is 2.51 bits per heavy atom. The Labute approximate surface area is 261 Å². The average molecular weight is 625 g/mol. The van der Waals surface area contributed by atoms with Gasteiger partial charge in [-0.2, -0.15) is 0 Å². The van der Waals surface area contributed by atoms with Crippen molar-refractivity contribution in [1.82, 2.24) is 20.4 Å². The van der Waals surface area contributed by atoms with E-state index in [2.05, 4.69) is 10.6 Å². The average Bonchev–Trinajstić information content (AvgIpc) is 3.43. The van der Waals surface area contributed by atoms with Gasteiger partial charge in [0.15, 0.2) is 0 Å². The van der Waals surface area contributed by atoms with Crippen molar-refractivity contribution in [1.29, 1.82) is 0 Å². The highest BCUT2D eigenvalue weighted by atomic mass is 16.6. The van der Waals surface area contributed by atoms with E-state index in [4.69, 9.17) is 14.2 Å². The van der Waals surface area contributed by atoms with E-state index in [0.29, 0.717) is 39.0 Å². The number of allylic oxidation sites excluding steroid dienone is 1. The van der Waals surface area contributed by atoms with Crippen LogP contribution >= 0.6 is 0 Å². The van der Waals surface area contributed by atoms with Crippen molar-refractivity contribution >= 4 is 30.0 Å². The number of alkyl carbamates (subject to hydrolysis) is 1. The fourth-order valence-corrected chi connectivity index (χ4v) is 6.76. The molecule has 6 rings (SSSR count). The molecule has 4 aliphatic heterocycles. The van der Waals surface area contributed by atoms with Gasteiger partial charge < -0.3 is 34.9 Å². The van der Waals surface area contributed by atoms with Gasteiger partial charge in [-0.1, -0.05) is 49.3 Å². The van der Waals surface area contributed by atoms with Crippen LogP contribution in [0.2, 0.25) is 0 Å². The summed E-state index contributed by atoms with van der Waals surface area (Å²) in [5, 5.41) is 15.5. The van der Waals surface area contributed by atoms with E-state index in [-0.39, 0.29) is 31.9 Å². The molecule has 0 bridgehead atoms. The lowest BCUT2D eigenvalue weighted by molar-refractivity contribution is -0.145. The number of fused-ring (bicyclic) bond motifs is 3. The van der Waals surface area contributed by atoms with Gasteiger partial charge in [0.2, 0.25) is 11.8 Å². The summed E-state index contributed by atoms with van der Waals surface area (Å²) < 4.78 is 16.6. The zero-order valence-electron chi connectivity index (χ0n) is 25.2. The molecule has 1 aromatic carbocycles. The van der Waals surface area contributed by atoms with Crippen molar-refractivity contribution in [3.8, 4) is 0 Å².